The van der Waals surface area contributed by atoms with Crippen molar-refractivity contribution in [2.75, 3.05) is 20.2 Å². The lowest BCUT2D eigenvalue weighted by molar-refractivity contribution is 0.0719. The van der Waals surface area contributed by atoms with Crippen LogP contribution in [0.5, 0.6) is 5.75 Å². The number of ether oxygens (including phenoxy) is 1. The molecule has 0 saturated carbocycles. The summed E-state index contributed by atoms with van der Waals surface area (Å²) in [6.07, 6.45) is 4.00. The van der Waals surface area contributed by atoms with Crippen molar-refractivity contribution in [3.8, 4) is 5.75 Å². The number of carbonyl (C=O) groups is 1. The molecule has 6 nitrogen and oxygen atoms in total. The van der Waals surface area contributed by atoms with E-state index in [-0.39, 0.29) is 28.9 Å². The number of hydrogen-bond acceptors (Lipinski definition) is 5. The molecule has 0 bridgehead atoms. The Morgan fingerprint density at radius 1 is 1.53 bits per heavy atom. The highest BCUT2D eigenvalue weighted by Crippen LogP contribution is 2.13. The lowest BCUT2D eigenvalue weighted by Gasteiger charge is -2.21. The summed E-state index contributed by atoms with van der Waals surface area (Å²) >= 11 is 0. The second-order valence-corrected chi connectivity index (χ2v) is 4.68. The fourth-order valence-corrected chi connectivity index (χ4v) is 2.18. The van der Waals surface area contributed by atoms with Gasteiger partial charge in [-0.05, 0) is 12.8 Å². The maximum absolute atomic E-state index is 12.2. The van der Waals surface area contributed by atoms with Gasteiger partial charge in [0.2, 0.25) is 11.2 Å². The lowest BCUT2D eigenvalue weighted by atomic mass is 10.2. The number of methoxy groups -OCH3 is 1. The normalized spacial score (nSPS) is 19.9. The molecule has 0 aliphatic carbocycles. The maximum atomic E-state index is 12.2. The highest BCUT2D eigenvalue weighted by atomic mass is 16.5. The minimum absolute atomic E-state index is 0.0172. The van der Waals surface area contributed by atoms with E-state index in [4.69, 9.17) is 14.9 Å². The largest absolute Gasteiger partial charge is 0.490 e. The Labute approximate surface area is 111 Å². The van der Waals surface area contributed by atoms with E-state index in [9.17, 15) is 9.59 Å². The van der Waals surface area contributed by atoms with Crippen molar-refractivity contribution >= 4 is 5.91 Å². The van der Waals surface area contributed by atoms with Crippen molar-refractivity contribution in [2.45, 2.75) is 25.3 Å². The van der Waals surface area contributed by atoms with Crippen LogP contribution in [0.3, 0.4) is 0 Å². The molecular formula is C13H18N2O4. The lowest BCUT2D eigenvalue weighted by Crippen LogP contribution is -2.39. The molecule has 1 atom stereocenters. The Morgan fingerprint density at radius 2 is 2.32 bits per heavy atom. The molecule has 2 N–H and O–H groups in total. The minimum Gasteiger partial charge on any atom is -0.490 e. The first-order valence-electron chi connectivity index (χ1n) is 6.33. The van der Waals surface area contributed by atoms with Gasteiger partial charge in [-0.2, -0.15) is 0 Å². The molecule has 19 heavy (non-hydrogen) atoms. The summed E-state index contributed by atoms with van der Waals surface area (Å²) in [6.45, 7) is 1.14. The van der Waals surface area contributed by atoms with E-state index in [1.54, 1.807) is 4.90 Å². The first kappa shape index (κ1) is 13.6. The molecule has 104 valence electrons. The molecule has 1 amide bonds. The predicted molar refractivity (Wildman–Crippen MR) is 69.3 cm³/mol. The molecule has 0 unspecified atom stereocenters. The topological polar surface area (TPSA) is 85.8 Å². The van der Waals surface area contributed by atoms with E-state index in [1.807, 2.05) is 0 Å². The summed E-state index contributed by atoms with van der Waals surface area (Å²) in [5.41, 5.74) is 5.55. The molecule has 1 aromatic rings. The highest BCUT2D eigenvalue weighted by molar-refractivity contribution is 5.91. The SMILES string of the molecule is COc1coc(C(=O)N2CCCC[C@H](N)C2)cc1=O. The molecule has 0 aromatic carbocycles. The second kappa shape index (κ2) is 5.88. The number of hydrogen-bond donors (Lipinski definition) is 1. The zero-order valence-corrected chi connectivity index (χ0v) is 10.9. The van der Waals surface area contributed by atoms with Crippen molar-refractivity contribution in [1.29, 1.82) is 0 Å². The van der Waals surface area contributed by atoms with E-state index >= 15 is 0 Å². The van der Waals surface area contributed by atoms with Gasteiger partial charge in [0.1, 0.15) is 6.26 Å². The number of nitrogens with two attached hydrogens (primary N) is 1. The summed E-state index contributed by atoms with van der Waals surface area (Å²) in [6, 6.07) is 1.15. The van der Waals surface area contributed by atoms with Crippen LogP contribution >= 0.6 is 0 Å². The number of likely N-dealkylation sites (tertiary alicyclic amines) is 1. The van der Waals surface area contributed by atoms with Crippen LogP contribution in [0.2, 0.25) is 0 Å². The third-order valence-electron chi connectivity index (χ3n) is 3.22. The molecule has 1 aromatic heterocycles. The van der Waals surface area contributed by atoms with Gasteiger partial charge in [-0.3, -0.25) is 9.59 Å². The van der Waals surface area contributed by atoms with Crippen LogP contribution < -0.4 is 15.9 Å². The molecule has 6 heteroatoms. The Kier molecular flexibility index (Phi) is 4.21. The van der Waals surface area contributed by atoms with Crippen molar-refractivity contribution in [1.82, 2.24) is 4.90 Å². The summed E-state index contributed by atoms with van der Waals surface area (Å²) < 4.78 is 9.98. The third-order valence-corrected chi connectivity index (χ3v) is 3.22. The first-order chi connectivity index (χ1) is 9.11. The van der Waals surface area contributed by atoms with E-state index in [0.29, 0.717) is 13.1 Å². The zero-order valence-electron chi connectivity index (χ0n) is 10.9. The van der Waals surface area contributed by atoms with Crippen molar-refractivity contribution in [2.24, 2.45) is 5.73 Å². The molecule has 0 radical (unpaired) electrons. The van der Waals surface area contributed by atoms with Gasteiger partial charge in [-0.25, -0.2) is 0 Å². The van der Waals surface area contributed by atoms with Crippen LogP contribution in [0.4, 0.5) is 0 Å². The smallest absolute Gasteiger partial charge is 0.289 e. The summed E-state index contributed by atoms with van der Waals surface area (Å²) in [4.78, 5) is 25.5. The quantitative estimate of drug-likeness (QED) is 0.847. The van der Waals surface area contributed by atoms with Crippen molar-refractivity contribution < 1.29 is 13.9 Å². The first-order valence-corrected chi connectivity index (χ1v) is 6.33. The molecule has 2 heterocycles. The molecular weight excluding hydrogens is 248 g/mol. The molecule has 0 spiro atoms. The third kappa shape index (κ3) is 3.14. The Bertz CT molecular complexity index is 512. The summed E-state index contributed by atoms with van der Waals surface area (Å²) in [5.74, 6) is -0.180. The van der Waals surface area contributed by atoms with Crippen LogP contribution in [0, 0.1) is 0 Å². The molecule has 1 aliphatic rings. The minimum atomic E-state index is -0.365. The van der Waals surface area contributed by atoms with Crippen LogP contribution in [0.15, 0.2) is 21.5 Å². The van der Waals surface area contributed by atoms with Crippen LogP contribution in [-0.2, 0) is 0 Å². The zero-order chi connectivity index (χ0) is 13.8. The monoisotopic (exact) mass is 266 g/mol. The van der Waals surface area contributed by atoms with E-state index < -0.39 is 0 Å². The van der Waals surface area contributed by atoms with Gasteiger partial charge in [-0.15, -0.1) is 0 Å². The van der Waals surface area contributed by atoms with Crippen LogP contribution in [0.1, 0.15) is 29.8 Å². The maximum Gasteiger partial charge on any atom is 0.289 e. The van der Waals surface area contributed by atoms with Gasteiger partial charge >= 0.3 is 0 Å². The van der Waals surface area contributed by atoms with Crippen LogP contribution in [0.25, 0.3) is 0 Å². The Morgan fingerprint density at radius 3 is 3.00 bits per heavy atom. The fourth-order valence-electron chi connectivity index (χ4n) is 2.18. The van der Waals surface area contributed by atoms with E-state index in [1.165, 1.54) is 7.11 Å². The molecule has 2 rings (SSSR count). The van der Waals surface area contributed by atoms with Gasteiger partial charge < -0.3 is 19.8 Å². The van der Waals surface area contributed by atoms with Gasteiger partial charge in [0, 0.05) is 25.2 Å². The summed E-state index contributed by atoms with van der Waals surface area (Å²) in [5, 5.41) is 0. The van der Waals surface area contributed by atoms with Gasteiger partial charge in [0.15, 0.2) is 5.76 Å². The van der Waals surface area contributed by atoms with Crippen molar-refractivity contribution in [3.05, 3.63) is 28.3 Å². The average molecular weight is 266 g/mol. The number of carbonyl (C=O) groups excluding carboxylic acids is 1. The molecule has 1 aliphatic heterocycles. The predicted octanol–water partition coefficient (Wildman–Crippen LogP) is 0.602. The molecule has 1 fully saturated rings. The van der Waals surface area contributed by atoms with Crippen LogP contribution in [-0.4, -0.2) is 37.0 Å². The van der Waals surface area contributed by atoms with Gasteiger partial charge in [0.25, 0.3) is 5.91 Å². The average Bonchev–Trinajstić information content (AvgIpc) is 2.62. The number of amides is 1. The van der Waals surface area contributed by atoms with Gasteiger partial charge in [-0.1, -0.05) is 6.42 Å². The summed E-state index contributed by atoms with van der Waals surface area (Å²) in [7, 11) is 1.38. The van der Waals surface area contributed by atoms with Gasteiger partial charge in [0.05, 0.1) is 7.11 Å². The highest BCUT2D eigenvalue weighted by Gasteiger charge is 2.23. The number of nitrogens with zero attached hydrogens (tertiary/aromatic N) is 1. The molecule has 1 saturated heterocycles. The Balaban J connectivity index is 2.18. The van der Waals surface area contributed by atoms with Crippen molar-refractivity contribution in [3.63, 3.8) is 0 Å². The van der Waals surface area contributed by atoms with E-state index in [2.05, 4.69) is 0 Å². The Hall–Kier alpha value is -1.82. The van der Waals surface area contributed by atoms with E-state index in [0.717, 1.165) is 31.6 Å². The standard InChI is InChI=1S/C13H18N2O4/c1-18-12-8-19-11(6-10(12)16)13(17)15-5-3-2-4-9(14)7-15/h6,8-9H,2-5,7,14H2,1H3/t9-/m0/s1. The fraction of sp³-hybridized carbons (Fsp3) is 0.538. The second-order valence-electron chi connectivity index (χ2n) is 4.68. The number of rotatable bonds is 2.